The summed E-state index contributed by atoms with van der Waals surface area (Å²) in [6.45, 7) is 0.775. The molecule has 0 amide bonds. The van der Waals surface area contributed by atoms with Crippen LogP contribution in [0.5, 0.6) is 5.75 Å². The van der Waals surface area contributed by atoms with Gasteiger partial charge in [0.1, 0.15) is 11.9 Å². The SMILES string of the molecule is S=c1[nH]c2ccccc2n1CC1Cc2ccccc2O1. The molecule has 1 aliphatic rings. The van der Waals surface area contributed by atoms with E-state index >= 15 is 0 Å². The van der Waals surface area contributed by atoms with E-state index in [4.69, 9.17) is 17.0 Å². The minimum Gasteiger partial charge on any atom is -0.488 e. The average Bonchev–Trinajstić information content (AvgIpc) is 3.00. The molecule has 0 aliphatic carbocycles. The van der Waals surface area contributed by atoms with Gasteiger partial charge < -0.3 is 14.3 Å². The number of rotatable bonds is 2. The van der Waals surface area contributed by atoms with Gasteiger partial charge >= 0.3 is 0 Å². The number of hydrogen-bond donors (Lipinski definition) is 1. The molecule has 20 heavy (non-hydrogen) atoms. The molecule has 1 unspecified atom stereocenters. The summed E-state index contributed by atoms with van der Waals surface area (Å²) in [5.41, 5.74) is 3.49. The highest BCUT2D eigenvalue weighted by atomic mass is 32.1. The van der Waals surface area contributed by atoms with Crippen molar-refractivity contribution in [3.63, 3.8) is 0 Å². The van der Waals surface area contributed by atoms with Crippen LogP contribution in [0.2, 0.25) is 0 Å². The largest absolute Gasteiger partial charge is 0.488 e. The second kappa shape index (κ2) is 4.49. The van der Waals surface area contributed by atoms with Crippen LogP contribution in [0.3, 0.4) is 0 Å². The third-order valence-electron chi connectivity index (χ3n) is 3.78. The molecule has 4 rings (SSSR count). The molecule has 100 valence electrons. The van der Waals surface area contributed by atoms with Crippen molar-refractivity contribution in [2.45, 2.75) is 19.1 Å². The maximum atomic E-state index is 6.00. The van der Waals surface area contributed by atoms with Crippen molar-refractivity contribution in [1.29, 1.82) is 0 Å². The quantitative estimate of drug-likeness (QED) is 0.726. The van der Waals surface area contributed by atoms with E-state index in [1.54, 1.807) is 0 Å². The summed E-state index contributed by atoms with van der Waals surface area (Å²) < 4.78 is 8.88. The number of H-pyrrole nitrogens is 1. The summed E-state index contributed by atoms with van der Waals surface area (Å²) in [5.74, 6) is 1.00. The van der Waals surface area contributed by atoms with Crippen LogP contribution in [-0.4, -0.2) is 15.7 Å². The van der Waals surface area contributed by atoms with E-state index in [2.05, 4.69) is 27.8 Å². The van der Waals surface area contributed by atoms with Crippen molar-refractivity contribution in [2.24, 2.45) is 0 Å². The molecule has 0 fully saturated rings. The number of hydrogen-bond acceptors (Lipinski definition) is 2. The Balaban J connectivity index is 1.67. The number of ether oxygens (including phenoxy) is 1. The molecule has 1 aliphatic heterocycles. The zero-order valence-corrected chi connectivity index (χ0v) is 11.7. The molecular weight excluding hydrogens is 268 g/mol. The molecule has 4 heteroatoms. The van der Waals surface area contributed by atoms with Gasteiger partial charge in [-0.15, -0.1) is 0 Å². The second-order valence-corrected chi connectivity index (χ2v) is 5.50. The van der Waals surface area contributed by atoms with Crippen molar-refractivity contribution in [2.75, 3.05) is 0 Å². The third kappa shape index (κ3) is 1.84. The predicted octanol–water partition coefficient (Wildman–Crippen LogP) is 3.70. The summed E-state index contributed by atoms with van der Waals surface area (Å²) in [4.78, 5) is 3.24. The Morgan fingerprint density at radius 2 is 1.95 bits per heavy atom. The minimum atomic E-state index is 0.151. The topological polar surface area (TPSA) is 29.9 Å². The van der Waals surface area contributed by atoms with Crippen LogP contribution in [0.25, 0.3) is 11.0 Å². The van der Waals surface area contributed by atoms with Crippen molar-refractivity contribution in [3.05, 3.63) is 58.9 Å². The van der Waals surface area contributed by atoms with Crippen molar-refractivity contribution < 1.29 is 4.74 Å². The molecule has 2 heterocycles. The molecule has 0 bridgehead atoms. The monoisotopic (exact) mass is 282 g/mol. The Morgan fingerprint density at radius 1 is 1.15 bits per heavy atom. The van der Waals surface area contributed by atoms with Gasteiger partial charge in [0.15, 0.2) is 4.77 Å². The van der Waals surface area contributed by atoms with Crippen LogP contribution in [0, 0.1) is 4.77 Å². The highest BCUT2D eigenvalue weighted by molar-refractivity contribution is 7.71. The predicted molar refractivity (Wildman–Crippen MR) is 81.7 cm³/mol. The highest BCUT2D eigenvalue weighted by Crippen LogP contribution is 2.29. The van der Waals surface area contributed by atoms with Gasteiger partial charge in [0, 0.05) is 6.42 Å². The fraction of sp³-hybridized carbons (Fsp3) is 0.188. The van der Waals surface area contributed by atoms with Crippen LogP contribution in [0.15, 0.2) is 48.5 Å². The summed E-state index contributed by atoms with van der Waals surface area (Å²) in [5, 5.41) is 0. The fourth-order valence-corrected chi connectivity index (χ4v) is 3.13. The number of nitrogens with zero attached hydrogens (tertiary/aromatic N) is 1. The normalized spacial score (nSPS) is 17.1. The average molecular weight is 282 g/mol. The molecule has 0 spiro atoms. The Labute approximate surface area is 121 Å². The zero-order chi connectivity index (χ0) is 13.5. The number of aromatic nitrogens is 2. The van der Waals surface area contributed by atoms with Crippen LogP contribution in [-0.2, 0) is 13.0 Å². The Hall–Kier alpha value is -2.07. The summed E-state index contributed by atoms with van der Waals surface area (Å²) >= 11 is 5.43. The molecule has 1 aromatic heterocycles. The summed E-state index contributed by atoms with van der Waals surface area (Å²) in [6, 6.07) is 16.4. The van der Waals surface area contributed by atoms with Gasteiger partial charge in [-0.2, -0.15) is 0 Å². The first-order valence-corrected chi connectivity index (χ1v) is 7.14. The first-order valence-electron chi connectivity index (χ1n) is 6.73. The number of benzene rings is 2. The fourth-order valence-electron chi connectivity index (χ4n) is 2.85. The zero-order valence-electron chi connectivity index (χ0n) is 10.9. The van der Waals surface area contributed by atoms with E-state index in [1.807, 2.05) is 30.3 Å². The number of imidazole rings is 1. The smallest absolute Gasteiger partial charge is 0.178 e. The summed E-state index contributed by atoms with van der Waals surface area (Å²) in [7, 11) is 0. The van der Waals surface area contributed by atoms with Gasteiger partial charge in [-0.25, -0.2) is 0 Å². The van der Waals surface area contributed by atoms with Crippen molar-refractivity contribution >= 4 is 23.3 Å². The molecule has 0 saturated carbocycles. The van der Waals surface area contributed by atoms with E-state index in [0.29, 0.717) is 0 Å². The molecule has 0 saturated heterocycles. The summed E-state index contributed by atoms with van der Waals surface area (Å²) in [6.07, 6.45) is 1.09. The number of fused-ring (bicyclic) bond motifs is 2. The molecular formula is C16H14N2OS. The Morgan fingerprint density at radius 3 is 2.85 bits per heavy atom. The molecule has 1 atom stereocenters. The molecule has 3 aromatic rings. The van der Waals surface area contributed by atoms with E-state index in [9.17, 15) is 0 Å². The molecule has 0 radical (unpaired) electrons. The Kier molecular flexibility index (Phi) is 2.63. The third-order valence-corrected chi connectivity index (χ3v) is 4.10. The molecule has 1 N–H and O–H groups in total. The van der Waals surface area contributed by atoms with E-state index in [-0.39, 0.29) is 6.10 Å². The van der Waals surface area contributed by atoms with Crippen molar-refractivity contribution in [3.8, 4) is 5.75 Å². The molecule has 2 aromatic carbocycles. The molecule has 3 nitrogen and oxygen atoms in total. The van der Waals surface area contributed by atoms with Crippen LogP contribution in [0.4, 0.5) is 0 Å². The van der Waals surface area contributed by atoms with Gasteiger partial charge in [0.25, 0.3) is 0 Å². The van der Waals surface area contributed by atoms with E-state index in [1.165, 1.54) is 5.56 Å². The first-order chi connectivity index (χ1) is 9.81. The van der Waals surface area contributed by atoms with Crippen molar-refractivity contribution in [1.82, 2.24) is 9.55 Å². The standard InChI is InChI=1S/C16H14N2OS/c20-16-17-13-6-2-3-7-14(13)18(16)10-12-9-11-5-1-4-8-15(11)19-12/h1-8,12H,9-10H2,(H,17,20). The number of para-hydroxylation sites is 3. The lowest BCUT2D eigenvalue weighted by molar-refractivity contribution is 0.210. The highest BCUT2D eigenvalue weighted by Gasteiger charge is 2.23. The van der Waals surface area contributed by atoms with Gasteiger partial charge in [0.05, 0.1) is 17.6 Å². The van der Waals surface area contributed by atoms with Gasteiger partial charge in [-0.1, -0.05) is 30.3 Å². The second-order valence-electron chi connectivity index (χ2n) is 5.11. The first kappa shape index (κ1) is 11.7. The number of nitrogens with one attached hydrogen (secondary N) is 1. The Bertz CT molecular complexity index is 809. The van der Waals surface area contributed by atoms with E-state index < -0.39 is 0 Å². The van der Waals surface area contributed by atoms with Gasteiger partial charge in [-0.3, -0.25) is 0 Å². The lowest BCUT2D eigenvalue weighted by Gasteiger charge is -2.12. The maximum absolute atomic E-state index is 6.00. The van der Waals surface area contributed by atoms with Gasteiger partial charge in [0.2, 0.25) is 0 Å². The van der Waals surface area contributed by atoms with E-state index in [0.717, 1.165) is 34.5 Å². The van der Waals surface area contributed by atoms with Gasteiger partial charge in [-0.05, 0) is 36.0 Å². The lowest BCUT2D eigenvalue weighted by atomic mass is 10.1. The maximum Gasteiger partial charge on any atom is 0.178 e. The number of aromatic amines is 1. The minimum absolute atomic E-state index is 0.151. The van der Waals surface area contributed by atoms with Crippen LogP contribution < -0.4 is 4.74 Å². The van der Waals surface area contributed by atoms with Crippen LogP contribution in [0.1, 0.15) is 5.56 Å². The lowest BCUT2D eigenvalue weighted by Crippen LogP contribution is -2.20. The van der Waals surface area contributed by atoms with Crippen LogP contribution >= 0.6 is 12.2 Å².